The molecular formula is C12H22N2O. The summed E-state index contributed by atoms with van der Waals surface area (Å²) in [4.78, 5) is 14.1. The molecule has 1 aliphatic carbocycles. The van der Waals surface area contributed by atoms with Gasteiger partial charge in [0.1, 0.15) is 0 Å². The summed E-state index contributed by atoms with van der Waals surface area (Å²) in [6, 6.07) is 0.223. The summed E-state index contributed by atoms with van der Waals surface area (Å²) in [5.41, 5.74) is 5.90. The number of carbonyl (C=O) groups is 1. The Balaban J connectivity index is 1.99. The van der Waals surface area contributed by atoms with Crippen LogP contribution < -0.4 is 5.73 Å². The minimum absolute atomic E-state index is 0.190. The standard InChI is InChI=1S/C12H22N2O/c1-12(2)6-4-3-5-10(12)11(15)14-7-9(13)8-14/h9-10H,3-8,13H2,1-2H3. The lowest BCUT2D eigenvalue weighted by molar-refractivity contribution is -0.145. The minimum Gasteiger partial charge on any atom is -0.339 e. The number of nitrogens with zero attached hydrogens (tertiary/aromatic N) is 1. The van der Waals surface area contributed by atoms with Gasteiger partial charge in [-0.15, -0.1) is 0 Å². The number of nitrogens with two attached hydrogens (primary N) is 1. The molecule has 0 aromatic heterocycles. The van der Waals surface area contributed by atoms with Crippen LogP contribution in [-0.4, -0.2) is 29.9 Å². The summed E-state index contributed by atoms with van der Waals surface area (Å²) >= 11 is 0. The summed E-state index contributed by atoms with van der Waals surface area (Å²) < 4.78 is 0. The number of hydrogen-bond donors (Lipinski definition) is 1. The Morgan fingerprint density at radius 2 is 2.00 bits per heavy atom. The third-order valence-corrected chi connectivity index (χ3v) is 4.03. The molecular weight excluding hydrogens is 188 g/mol. The molecule has 0 aromatic rings. The van der Waals surface area contributed by atoms with Crippen molar-refractivity contribution in [3.8, 4) is 0 Å². The van der Waals surface area contributed by atoms with E-state index in [-0.39, 0.29) is 17.4 Å². The quantitative estimate of drug-likeness (QED) is 0.710. The topological polar surface area (TPSA) is 46.3 Å². The lowest BCUT2D eigenvalue weighted by Crippen LogP contribution is -2.60. The molecule has 2 rings (SSSR count). The second-order valence-corrected chi connectivity index (χ2v) is 5.79. The second-order valence-electron chi connectivity index (χ2n) is 5.79. The molecule has 1 atom stereocenters. The molecule has 15 heavy (non-hydrogen) atoms. The largest absolute Gasteiger partial charge is 0.339 e. The fourth-order valence-corrected chi connectivity index (χ4v) is 2.86. The lowest BCUT2D eigenvalue weighted by Gasteiger charge is -2.44. The van der Waals surface area contributed by atoms with Gasteiger partial charge in [-0.3, -0.25) is 4.79 Å². The smallest absolute Gasteiger partial charge is 0.226 e. The van der Waals surface area contributed by atoms with E-state index in [1.165, 1.54) is 19.3 Å². The van der Waals surface area contributed by atoms with Crippen LogP contribution >= 0.6 is 0 Å². The maximum absolute atomic E-state index is 12.2. The van der Waals surface area contributed by atoms with Crippen LogP contribution in [0.25, 0.3) is 0 Å². The van der Waals surface area contributed by atoms with Crippen LogP contribution in [-0.2, 0) is 4.79 Å². The molecule has 3 nitrogen and oxygen atoms in total. The highest BCUT2D eigenvalue weighted by Crippen LogP contribution is 2.41. The first kappa shape index (κ1) is 10.9. The third-order valence-electron chi connectivity index (χ3n) is 4.03. The summed E-state index contributed by atoms with van der Waals surface area (Å²) in [5.74, 6) is 0.583. The molecule has 0 radical (unpaired) electrons. The van der Waals surface area contributed by atoms with E-state index in [9.17, 15) is 4.79 Å². The van der Waals surface area contributed by atoms with Gasteiger partial charge in [-0.05, 0) is 18.3 Å². The Hall–Kier alpha value is -0.570. The summed E-state index contributed by atoms with van der Waals surface area (Å²) in [6.45, 7) is 6.00. The Morgan fingerprint density at radius 3 is 2.53 bits per heavy atom. The highest BCUT2D eigenvalue weighted by atomic mass is 16.2. The molecule has 1 unspecified atom stereocenters. The zero-order chi connectivity index (χ0) is 11.1. The van der Waals surface area contributed by atoms with Crippen LogP contribution in [0.5, 0.6) is 0 Å². The van der Waals surface area contributed by atoms with Crippen LogP contribution in [0, 0.1) is 11.3 Å². The number of rotatable bonds is 1. The molecule has 0 spiro atoms. The van der Waals surface area contributed by atoms with Gasteiger partial charge in [-0.25, -0.2) is 0 Å². The molecule has 1 saturated carbocycles. The molecule has 86 valence electrons. The molecule has 2 N–H and O–H groups in total. The van der Waals surface area contributed by atoms with E-state index in [1.807, 2.05) is 4.90 Å². The maximum atomic E-state index is 12.2. The van der Waals surface area contributed by atoms with Gasteiger partial charge in [-0.2, -0.15) is 0 Å². The van der Waals surface area contributed by atoms with E-state index < -0.39 is 0 Å². The fourth-order valence-electron chi connectivity index (χ4n) is 2.86. The Kier molecular flexibility index (Phi) is 2.75. The van der Waals surface area contributed by atoms with Crippen molar-refractivity contribution in [3.63, 3.8) is 0 Å². The summed E-state index contributed by atoms with van der Waals surface area (Å²) in [5, 5.41) is 0. The van der Waals surface area contributed by atoms with Gasteiger partial charge in [0.25, 0.3) is 0 Å². The van der Waals surface area contributed by atoms with Crippen molar-refractivity contribution < 1.29 is 4.79 Å². The Labute approximate surface area is 92.0 Å². The Morgan fingerprint density at radius 1 is 1.33 bits per heavy atom. The first-order valence-electron chi connectivity index (χ1n) is 6.05. The first-order valence-corrected chi connectivity index (χ1v) is 6.05. The predicted octanol–water partition coefficient (Wildman–Crippen LogP) is 1.37. The van der Waals surface area contributed by atoms with E-state index in [1.54, 1.807) is 0 Å². The maximum Gasteiger partial charge on any atom is 0.226 e. The van der Waals surface area contributed by atoms with Crippen molar-refractivity contribution in [2.75, 3.05) is 13.1 Å². The van der Waals surface area contributed by atoms with Crippen LogP contribution in [0.1, 0.15) is 39.5 Å². The zero-order valence-corrected chi connectivity index (χ0v) is 9.83. The van der Waals surface area contributed by atoms with Gasteiger partial charge in [-0.1, -0.05) is 26.7 Å². The van der Waals surface area contributed by atoms with Crippen LogP contribution in [0.3, 0.4) is 0 Å². The van der Waals surface area contributed by atoms with E-state index in [2.05, 4.69) is 13.8 Å². The predicted molar refractivity (Wildman–Crippen MR) is 60.3 cm³/mol. The number of hydrogen-bond acceptors (Lipinski definition) is 2. The summed E-state index contributed by atoms with van der Waals surface area (Å²) in [7, 11) is 0. The fraction of sp³-hybridized carbons (Fsp3) is 0.917. The molecule has 0 aromatic carbocycles. The zero-order valence-electron chi connectivity index (χ0n) is 9.83. The van der Waals surface area contributed by atoms with E-state index >= 15 is 0 Å². The van der Waals surface area contributed by atoms with Gasteiger partial charge >= 0.3 is 0 Å². The van der Waals surface area contributed by atoms with Gasteiger partial charge in [0.15, 0.2) is 0 Å². The molecule has 1 heterocycles. The van der Waals surface area contributed by atoms with Gasteiger partial charge < -0.3 is 10.6 Å². The Bertz CT molecular complexity index is 256. The van der Waals surface area contributed by atoms with Crippen molar-refractivity contribution in [3.05, 3.63) is 0 Å². The minimum atomic E-state index is 0.190. The molecule has 0 bridgehead atoms. The normalized spacial score (nSPS) is 31.1. The van der Waals surface area contributed by atoms with Gasteiger partial charge in [0.2, 0.25) is 5.91 Å². The highest BCUT2D eigenvalue weighted by molar-refractivity contribution is 5.80. The van der Waals surface area contributed by atoms with Crippen molar-refractivity contribution >= 4 is 5.91 Å². The van der Waals surface area contributed by atoms with Crippen molar-refractivity contribution in [1.82, 2.24) is 4.90 Å². The molecule has 1 saturated heterocycles. The SMILES string of the molecule is CC1(C)CCCCC1C(=O)N1CC(N)C1. The molecule has 2 fully saturated rings. The average Bonchev–Trinajstić information content (AvgIpc) is 2.11. The average molecular weight is 210 g/mol. The van der Waals surface area contributed by atoms with Crippen LogP contribution in [0.15, 0.2) is 0 Å². The number of carbonyl (C=O) groups excluding carboxylic acids is 1. The van der Waals surface area contributed by atoms with E-state index in [0.29, 0.717) is 5.91 Å². The van der Waals surface area contributed by atoms with Crippen molar-refractivity contribution in [1.29, 1.82) is 0 Å². The third kappa shape index (κ3) is 2.03. The first-order chi connectivity index (χ1) is 7.00. The molecule has 2 aliphatic rings. The highest BCUT2D eigenvalue weighted by Gasteiger charge is 2.41. The molecule has 1 aliphatic heterocycles. The van der Waals surface area contributed by atoms with Gasteiger partial charge in [0.05, 0.1) is 0 Å². The molecule has 1 amide bonds. The molecule has 3 heteroatoms. The van der Waals surface area contributed by atoms with Crippen LogP contribution in [0.2, 0.25) is 0 Å². The summed E-state index contributed by atoms with van der Waals surface area (Å²) in [6.07, 6.45) is 4.73. The number of amides is 1. The lowest BCUT2D eigenvalue weighted by atomic mass is 9.68. The van der Waals surface area contributed by atoms with Crippen molar-refractivity contribution in [2.24, 2.45) is 17.1 Å². The van der Waals surface area contributed by atoms with Crippen molar-refractivity contribution in [2.45, 2.75) is 45.6 Å². The van der Waals surface area contributed by atoms with Crippen LogP contribution in [0.4, 0.5) is 0 Å². The van der Waals surface area contributed by atoms with Gasteiger partial charge in [0, 0.05) is 25.0 Å². The monoisotopic (exact) mass is 210 g/mol. The van der Waals surface area contributed by atoms with E-state index in [4.69, 9.17) is 5.73 Å². The second kappa shape index (κ2) is 3.78. The number of likely N-dealkylation sites (tertiary alicyclic amines) is 1. The van der Waals surface area contributed by atoms with E-state index in [0.717, 1.165) is 19.5 Å².